The fourth-order valence-corrected chi connectivity index (χ4v) is 1.75. The molecule has 0 aliphatic carbocycles. The second kappa shape index (κ2) is 3.93. The van der Waals surface area contributed by atoms with Crippen molar-refractivity contribution in [3.05, 3.63) is 54.5 Å². The van der Waals surface area contributed by atoms with Crippen molar-refractivity contribution in [2.24, 2.45) is 0 Å². The number of fused-ring (bicyclic) bond motifs is 1. The van der Waals surface area contributed by atoms with E-state index in [1.54, 1.807) is 10.9 Å². The van der Waals surface area contributed by atoms with Gasteiger partial charge < -0.3 is 4.57 Å². The van der Waals surface area contributed by atoms with Gasteiger partial charge in [0.05, 0.1) is 12.9 Å². The molecule has 4 nitrogen and oxygen atoms in total. The summed E-state index contributed by atoms with van der Waals surface area (Å²) in [6.07, 6.45) is 2.79. The van der Waals surface area contributed by atoms with Gasteiger partial charge in [-0.2, -0.15) is 4.39 Å². The molecule has 2 aromatic heterocycles. The summed E-state index contributed by atoms with van der Waals surface area (Å²) >= 11 is 0. The summed E-state index contributed by atoms with van der Waals surface area (Å²) in [5, 5.41) is 0. The van der Waals surface area contributed by atoms with E-state index < -0.39 is 5.95 Å². The van der Waals surface area contributed by atoms with Crippen LogP contribution in [0.25, 0.3) is 11.2 Å². The van der Waals surface area contributed by atoms with Gasteiger partial charge in [0, 0.05) is 0 Å². The van der Waals surface area contributed by atoms with Gasteiger partial charge in [-0.3, -0.25) is 0 Å². The van der Waals surface area contributed by atoms with Gasteiger partial charge in [-0.05, 0) is 5.56 Å². The third-order valence-electron chi connectivity index (χ3n) is 2.55. The molecule has 0 spiro atoms. The highest BCUT2D eigenvalue weighted by atomic mass is 19.1. The van der Waals surface area contributed by atoms with E-state index in [-0.39, 0.29) is 5.52 Å². The molecule has 17 heavy (non-hydrogen) atoms. The molecule has 0 bridgehead atoms. The van der Waals surface area contributed by atoms with Crippen molar-refractivity contribution in [2.75, 3.05) is 0 Å². The lowest BCUT2D eigenvalue weighted by atomic mass is 10.2. The van der Waals surface area contributed by atoms with Crippen molar-refractivity contribution in [2.45, 2.75) is 6.54 Å². The van der Waals surface area contributed by atoms with Crippen molar-refractivity contribution >= 4 is 11.2 Å². The molecule has 5 heteroatoms. The van der Waals surface area contributed by atoms with Gasteiger partial charge in [0.1, 0.15) is 6.33 Å². The molecule has 0 amide bonds. The zero-order chi connectivity index (χ0) is 11.7. The summed E-state index contributed by atoms with van der Waals surface area (Å²) in [4.78, 5) is 11.5. The minimum Gasteiger partial charge on any atom is -0.311 e. The zero-order valence-corrected chi connectivity index (χ0v) is 8.92. The number of aromatic nitrogens is 4. The first-order valence-corrected chi connectivity index (χ1v) is 5.20. The molecule has 0 fully saturated rings. The maximum absolute atomic E-state index is 13.3. The van der Waals surface area contributed by atoms with Crippen LogP contribution in [0, 0.1) is 5.95 Å². The highest BCUT2D eigenvalue weighted by Crippen LogP contribution is 2.13. The third-order valence-corrected chi connectivity index (χ3v) is 2.55. The van der Waals surface area contributed by atoms with Crippen molar-refractivity contribution in [1.29, 1.82) is 0 Å². The summed E-state index contributed by atoms with van der Waals surface area (Å²) in [6.45, 7) is 0.619. The number of nitrogens with zero attached hydrogens (tertiary/aromatic N) is 4. The molecule has 0 aliphatic heterocycles. The predicted octanol–water partition coefficient (Wildman–Crippen LogP) is 2.01. The normalized spacial score (nSPS) is 10.9. The highest BCUT2D eigenvalue weighted by molar-refractivity contribution is 5.69. The maximum atomic E-state index is 13.3. The number of halogens is 1. The molecule has 2 heterocycles. The van der Waals surface area contributed by atoms with Crippen LogP contribution < -0.4 is 0 Å². The first-order chi connectivity index (χ1) is 8.34. The van der Waals surface area contributed by atoms with Crippen molar-refractivity contribution in [3.8, 4) is 0 Å². The van der Waals surface area contributed by atoms with Crippen LogP contribution in [-0.4, -0.2) is 19.5 Å². The third kappa shape index (κ3) is 1.75. The largest absolute Gasteiger partial charge is 0.311 e. The average molecular weight is 228 g/mol. The van der Waals surface area contributed by atoms with Crippen LogP contribution in [-0.2, 0) is 6.54 Å². The first kappa shape index (κ1) is 9.89. The standard InChI is InChI=1S/C12H9FN4/c13-11-10-12(15-7-14-11)17(8-16-10)6-9-4-2-1-3-5-9/h1-5,7-8H,6H2. The topological polar surface area (TPSA) is 43.6 Å². The van der Waals surface area contributed by atoms with Crippen molar-refractivity contribution < 1.29 is 4.39 Å². The SMILES string of the molecule is Fc1ncnc2c1ncn2Cc1ccccc1. The fraction of sp³-hybridized carbons (Fsp3) is 0.0833. The smallest absolute Gasteiger partial charge is 0.244 e. The Morgan fingerprint density at radius 2 is 1.88 bits per heavy atom. The Morgan fingerprint density at radius 1 is 1.06 bits per heavy atom. The number of rotatable bonds is 2. The Balaban J connectivity index is 2.05. The lowest BCUT2D eigenvalue weighted by molar-refractivity contribution is 0.590. The monoisotopic (exact) mass is 228 g/mol. The maximum Gasteiger partial charge on any atom is 0.244 e. The second-order valence-electron chi connectivity index (χ2n) is 3.69. The van der Waals surface area contributed by atoms with Crippen LogP contribution >= 0.6 is 0 Å². The Bertz CT molecular complexity index is 648. The lowest BCUT2D eigenvalue weighted by Gasteiger charge is -2.02. The second-order valence-corrected chi connectivity index (χ2v) is 3.69. The van der Waals surface area contributed by atoms with E-state index in [9.17, 15) is 4.39 Å². The molecular formula is C12H9FN4. The van der Waals surface area contributed by atoms with E-state index in [0.717, 1.165) is 5.56 Å². The minimum atomic E-state index is -0.582. The molecular weight excluding hydrogens is 219 g/mol. The van der Waals surface area contributed by atoms with Crippen molar-refractivity contribution in [1.82, 2.24) is 19.5 Å². The summed E-state index contributed by atoms with van der Waals surface area (Å²) < 4.78 is 15.1. The van der Waals surface area contributed by atoms with E-state index >= 15 is 0 Å². The Kier molecular flexibility index (Phi) is 2.29. The van der Waals surface area contributed by atoms with Crippen LogP contribution in [0.3, 0.4) is 0 Å². The average Bonchev–Trinajstić information content (AvgIpc) is 2.76. The number of imidazole rings is 1. The van der Waals surface area contributed by atoms with E-state index in [0.29, 0.717) is 12.2 Å². The van der Waals surface area contributed by atoms with Gasteiger partial charge in [-0.1, -0.05) is 30.3 Å². The Morgan fingerprint density at radius 3 is 2.71 bits per heavy atom. The van der Waals surface area contributed by atoms with E-state index in [4.69, 9.17) is 0 Å². The molecule has 3 rings (SSSR count). The van der Waals surface area contributed by atoms with Crippen LogP contribution in [0.4, 0.5) is 4.39 Å². The van der Waals surface area contributed by atoms with Gasteiger partial charge in [-0.15, -0.1) is 0 Å². The molecule has 1 aromatic carbocycles. The predicted molar refractivity (Wildman–Crippen MR) is 60.8 cm³/mol. The highest BCUT2D eigenvalue weighted by Gasteiger charge is 2.09. The molecule has 0 atom stereocenters. The van der Waals surface area contributed by atoms with Gasteiger partial charge in [0.15, 0.2) is 11.2 Å². The summed E-state index contributed by atoms with van der Waals surface area (Å²) in [5.41, 5.74) is 1.84. The summed E-state index contributed by atoms with van der Waals surface area (Å²) in [7, 11) is 0. The van der Waals surface area contributed by atoms with Gasteiger partial charge in [0.2, 0.25) is 5.95 Å². The Hall–Kier alpha value is -2.30. The number of benzene rings is 1. The lowest BCUT2D eigenvalue weighted by Crippen LogP contribution is -1.99. The molecule has 3 aromatic rings. The molecule has 84 valence electrons. The van der Waals surface area contributed by atoms with Gasteiger partial charge in [-0.25, -0.2) is 15.0 Å². The molecule has 0 unspecified atom stereocenters. The molecule has 0 aliphatic rings. The van der Waals surface area contributed by atoms with Crippen LogP contribution in [0.1, 0.15) is 5.56 Å². The van der Waals surface area contributed by atoms with E-state index in [2.05, 4.69) is 15.0 Å². The van der Waals surface area contributed by atoms with E-state index in [1.807, 2.05) is 30.3 Å². The summed E-state index contributed by atoms with van der Waals surface area (Å²) in [5.74, 6) is -0.582. The number of hydrogen-bond acceptors (Lipinski definition) is 3. The quantitative estimate of drug-likeness (QED) is 0.630. The molecule has 0 saturated carbocycles. The molecule has 0 saturated heterocycles. The van der Waals surface area contributed by atoms with Gasteiger partial charge >= 0.3 is 0 Å². The zero-order valence-electron chi connectivity index (χ0n) is 8.92. The van der Waals surface area contributed by atoms with Crippen LogP contribution in [0.5, 0.6) is 0 Å². The molecule has 0 N–H and O–H groups in total. The number of hydrogen-bond donors (Lipinski definition) is 0. The van der Waals surface area contributed by atoms with E-state index in [1.165, 1.54) is 6.33 Å². The van der Waals surface area contributed by atoms with Crippen LogP contribution in [0.15, 0.2) is 43.0 Å². The first-order valence-electron chi connectivity index (χ1n) is 5.20. The molecule has 0 radical (unpaired) electrons. The van der Waals surface area contributed by atoms with Crippen LogP contribution in [0.2, 0.25) is 0 Å². The Labute approximate surface area is 96.8 Å². The fourth-order valence-electron chi connectivity index (χ4n) is 1.75. The van der Waals surface area contributed by atoms with Gasteiger partial charge in [0.25, 0.3) is 0 Å². The summed E-state index contributed by atoms with van der Waals surface area (Å²) in [6, 6.07) is 9.89. The minimum absolute atomic E-state index is 0.212. The van der Waals surface area contributed by atoms with Crippen molar-refractivity contribution in [3.63, 3.8) is 0 Å².